The fourth-order valence-corrected chi connectivity index (χ4v) is 4.55. The van der Waals surface area contributed by atoms with Gasteiger partial charge >= 0.3 is 0 Å². The Kier molecular flexibility index (Phi) is 8.84. The number of rotatable bonds is 11. The average Bonchev–Trinajstić information content (AvgIpc) is 3.12. The summed E-state index contributed by atoms with van der Waals surface area (Å²) >= 11 is 1.59. The molecule has 2 rings (SSSR count). The molecule has 1 aromatic carbocycles. The summed E-state index contributed by atoms with van der Waals surface area (Å²) in [5.74, 6) is 0.749. The molecule has 0 fully saturated rings. The molecule has 1 heterocycles. The van der Waals surface area contributed by atoms with Crippen molar-refractivity contribution in [3.05, 3.63) is 48.0 Å². The van der Waals surface area contributed by atoms with E-state index in [1.165, 1.54) is 31.2 Å². The summed E-state index contributed by atoms with van der Waals surface area (Å²) in [6.07, 6.45) is 10.8. The van der Waals surface area contributed by atoms with Crippen molar-refractivity contribution in [2.75, 3.05) is 6.26 Å². The van der Waals surface area contributed by atoms with E-state index in [4.69, 9.17) is 8.84 Å². The molecule has 0 aliphatic heterocycles. The van der Waals surface area contributed by atoms with E-state index in [9.17, 15) is 0 Å². The zero-order valence-corrected chi connectivity index (χ0v) is 20.3. The number of hydrogen-bond donors (Lipinski definition) is 0. The highest BCUT2D eigenvalue weighted by Gasteiger charge is 2.40. The number of aryl methyl sites for hydroxylation is 1. The minimum absolute atomic E-state index is 0.0316. The maximum Gasteiger partial charge on any atom is 0.223 e. The van der Waals surface area contributed by atoms with E-state index >= 15 is 0 Å². The summed E-state index contributed by atoms with van der Waals surface area (Å²) in [4.78, 5) is 4.52. The molecular formula is C23H37NO2SSi. The normalized spacial score (nSPS) is 13.6. The van der Waals surface area contributed by atoms with Crippen LogP contribution in [-0.2, 0) is 10.8 Å². The molecule has 1 atom stereocenters. The number of thioether (sulfide) groups is 1. The van der Waals surface area contributed by atoms with Gasteiger partial charge < -0.3 is 8.84 Å². The quantitative estimate of drug-likeness (QED) is 0.213. The summed E-state index contributed by atoms with van der Waals surface area (Å²) in [7, 11) is -1.88. The first-order chi connectivity index (χ1) is 13.2. The van der Waals surface area contributed by atoms with E-state index in [2.05, 4.69) is 69.2 Å². The van der Waals surface area contributed by atoms with E-state index < -0.39 is 8.32 Å². The Labute approximate surface area is 176 Å². The van der Waals surface area contributed by atoms with Crippen LogP contribution in [0.1, 0.15) is 70.4 Å². The summed E-state index contributed by atoms with van der Waals surface area (Å²) in [5.41, 5.74) is 1.44. The maximum absolute atomic E-state index is 6.70. The number of unbranched alkanes of at least 4 members (excludes halogenated alkanes) is 3. The van der Waals surface area contributed by atoms with Crippen molar-refractivity contribution in [2.45, 2.75) is 88.6 Å². The predicted octanol–water partition coefficient (Wildman–Crippen LogP) is 7.65. The van der Waals surface area contributed by atoms with Gasteiger partial charge in [-0.15, -0.1) is 0 Å². The molecular weight excluding hydrogens is 382 g/mol. The molecule has 28 heavy (non-hydrogen) atoms. The molecule has 5 heteroatoms. The monoisotopic (exact) mass is 419 g/mol. The van der Waals surface area contributed by atoms with Crippen LogP contribution in [0.5, 0.6) is 0 Å². The number of hydrogen-bond acceptors (Lipinski definition) is 4. The van der Waals surface area contributed by atoms with Crippen LogP contribution in [-0.4, -0.2) is 19.6 Å². The van der Waals surface area contributed by atoms with Crippen LogP contribution in [0.4, 0.5) is 0 Å². The molecule has 2 aromatic rings. The van der Waals surface area contributed by atoms with E-state index in [1.54, 1.807) is 11.8 Å². The van der Waals surface area contributed by atoms with Crippen molar-refractivity contribution in [1.82, 2.24) is 4.98 Å². The van der Waals surface area contributed by atoms with Gasteiger partial charge in [0.2, 0.25) is 5.89 Å². The maximum atomic E-state index is 6.70. The summed E-state index contributed by atoms with van der Waals surface area (Å²) in [5, 5.41) is 1.04. The first kappa shape index (κ1) is 23.2. The fraction of sp³-hybridized carbons (Fsp3) is 0.609. The molecule has 1 unspecified atom stereocenters. The van der Waals surface area contributed by atoms with Gasteiger partial charge in [-0.1, -0.05) is 82.1 Å². The average molecular weight is 420 g/mol. The first-order valence-electron chi connectivity index (χ1n) is 10.4. The third-order valence-electron chi connectivity index (χ3n) is 5.75. The smallest absolute Gasteiger partial charge is 0.223 e. The minimum atomic E-state index is -1.88. The van der Waals surface area contributed by atoms with Crippen LogP contribution >= 0.6 is 11.8 Å². The minimum Gasteiger partial charge on any atom is -0.432 e. The third-order valence-corrected chi connectivity index (χ3v) is 10.8. The van der Waals surface area contributed by atoms with Crippen molar-refractivity contribution >= 4 is 20.1 Å². The Balaban J connectivity index is 1.87. The highest BCUT2D eigenvalue weighted by molar-refractivity contribution is 7.98. The lowest BCUT2D eigenvalue weighted by molar-refractivity contribution is 0.133. The number of nitrogens with zero attached hydrogens (tertiary/aromatic N) is 1. The molecule has 1 aromatic heterocycles. The fourth-order valence-electron chi connectivity index (χ4n) is 2.94. The molecule has 3 nitrogen and oxygen atoms in total. The SMILES string of the molecule is CSc1cnc(C(CCCCCCc2ccccc2)O[Si](C)(C)C(C)(C)C)o1. The predicted molar refractivity (Wildman–Crippen MR) is 123 cm³/mol. The van der Waals surface area contributed by atoms with Crippen LogP contribution in [0.3, 0.4) is 0 Å². The van der Waals surface area contributed by atoms with E-state index in [-0.39, 0.29) is 11.1 Å². The van der Waals surface area contributed by atoms with Gasteiger partial charge in [-0.2, -0.15) is 0 Å². The van der Waals surface area contributed by atoms with Gasteiger partial charge in [0.15, 0.2) is 13.4 Å². The lowest BCUT2D eigenvalue weighted by Gasteiger charge is -2.38. The standard InChI is InChI=1S/C23H37NO2SSi/c1-23(2,3)28(5,6)26-20(22-24-18-21(25-22)27-4)17-13-8-7-10-14-19-15-11-9-12-16-19/h9,11-12,15-16,18,20H,7-8,10,13-14,17H2,1-6H3. The molecule has 0 spiro atoms. The van der Waals surface area contributed by atoms with Gasteiger partial charge in [-0.05, 0) is 49.2 Å². The van der Waals surface area contributed by atoms with Crippen molar-refractivity contribution in [2.24, 2.45) is 0 Å². The first-order valence-corrected chi connectivity index (χ1v) is 14.6. The van der Waals surface area contributed by atoms with E-state index in [0.717, 1.165) is 23.8 Å². The highest BCUT2D eigenvalue weighted by atomic mass is 32.2. The number of aromatic nitrogens is 1. The van der Waals surface area contributed by atoms with E-state index in [0.29, 0.717) is 0 Å². The molecule has 0 N–H and O–H groups in total. The zero-order valence-electron chi connectivity index (χ0n) is 18.5. The second-order valence-corrected chi connectivity index (χ2v) is 14.6. The topological polar surface area (TPSA) is 35.3 Å². The van der Waals surface area contributed by atoms with Crippen molar-refractivity contribution in [3.63, 3.8) is 0 Å². The molecule has 156 valence electrons. The lowest BCUT2D eigenvalue weighted by Crippen LogP contribution is -2.41. The lowest BCUT2D eigenvalue weighted by atomic mass is 10.0. The molecule has 0 amide bonds. The van der Waals surface area contributed by atoms with Crippen LogP contribution < -0.4 is 0 Å². The largest absolute Gasteiger partial charge is 0.432 e. The molecule has 0 radical (unpaired) electrons. The number of oxazole rings is 1. The Bertz CT molecular complexity index is 694. The van der Waals surface area contributed by atoms with Crippen LogP contribution in [0, 0.1) is 0 Å². The molecule has 0 saturated carbocycles. The molecule has 0 bridgehead atoms. The summed E-state index contributed by atoms with van der Waals surface area (Å²) in [6.45, 7) is 11.4. The second kappa shape index (κ2) is 10.7. The van der Waals surface area contributed by atoms with Crippen LogP contribution in [0.2, 0.25) is 18.1 Å². The second-order valence-electron chi connectivity index (χ2n) is 9.03. The van der Waals surface area contributed by atoms with Crippen LogP contribution in [0.15, 0.2) is 46.0 Å². The third kappa shape index (κ3) is 7.09. The Morgan fingerprint density at radius 2 is 1.75 bits per heavy atom. The van der Waals surface area contributed by atoms with Gasteiger partial charge in [-0.25, -0.2) is 4.98 Å². The van der Waals surface area contributed by atoms with Crippen LogP contribution in [0.25, 0.3) is 0 Å². The molecule has 0 saturated heterocycles. The van der Waals surface area contributed by atoms with E-state index in [1.807, 2.05) is 12.5 Å². The summed E-state index contributed by atoms with van der Waals surface area (Å²) < 4.78 is 12.6. The van der Waals surface area contributed by atoms with Gasteiger partial charge in [0, 0.05) is 0 Å². The molecule has 0 aliphatic rings. The van der Waals surface area contributed by atoms with Crippen molar-refractivity contribution in [3.8, 4) is 0 Å². The van der Waals surface area contributed by atoms with Crippen molar-refractivity contribution in [1.29, 1.82) is 0 Å². The Morgan fingerprint density at radius 3 is 2.36 bits per heavy atom. The zero-order chi connectivity index (χ0) is 20.6. The van der Waals surface area contributed by atoms with Crippen molar-refractivity contribution < 1.29 is 8.84 Å². The molecule has 0 aliphatic carbocycles. The van der Waals surface area contributed by atoms with Gasteiger partial charge in [0.25, 0.3) is 0 Å². The van der Waals surface area contributed by atoms with Gasteiger partial charge in [-0.3, -0.25) is 0 Å². The Morgan fingerprint density at radius 1 is 1.07 bits per heavy atom. The Hall–Kier alpha value is -1.04. The highest BCUT2D eigenvalue weighted by Crippen LogP contribution is 2.41. The summed E-state index contributed by atoms with van der Waals surface area (Å²) in [6, 6.07) is 10.8. The number of benzene rings is 1. The van der Waals surface area contributed by atoms with Gasteiger partial charge in [0.1, 0.15) is 6.10 Å². The van der Waals surface area contributed by atoms with Gasteiger partial charge in [0.05, 0.1) is 6.20 Å².